The number of imidazole rings is 1. The van der Waals surface area contributed by atoms with E-state index in [0.29, 0.717) is 29.0 Å². The zero-order chi connectivity index (χ0) is 19.3. The lowest BCUT2D eigenvalue weighted by Gasteiger charge is -2.09. The molecule has 0 spiro atoms. The van der Waals surface area contributed by atoms with Gasteiger partial charge in [-0.25, -0.2) is 14.8 Å². The normalized spacial score (nSPS) is 10.5. The van der Waals surface area contributed by atoms with Gasteiger partial charge >= 0.3 is 6.03 Å². The number of thiophene rings is 1. The molecule has 9 heteroatoms. The van der Waals surface area contributed by atoms with E-state index < -0.39 is 0 Å². The Kier molecular flexibility index (Phi) is 4.98. The Hall–Kier alpha value is -3.72. The zero-order valence-corrected chi connectivity index (χ0v) is 15.7. The van der Waals surface area contributed by atoms with E-state index in [1.165, 1.54) is 11.3 Å². The molecule has 1 aromatic carbocycles. The second-order valence-corrected chi connectivity index (χ2v) is 6.71. The Morgan fingerprint density at radius 2 is 2.00 bits per heavy atom. The molecule has 0 saturated carbocycles. The van der Waals surface area contributed by atoms with Crippen LogP contribution in [0.2, 0.25) is 0 Å². The van der Waals surface area contributed by atoms with Gasteiger partial charge in [0.05, 0.1) is 5.00 Å². The fourth-order valence-electron chi connectivity index (χ4n) is 2.46. The molecule has 4 aromatic rings. The minimum Gasteiger partial charge on any atom is -0.439 e. The van der Waals surface area contributed by atoms with Gasteiger partial charge in [-0.1, -0.05) is 0 Å². The maximum Gasteiger partial charge on any atom is 0.324 e. The number of benzene rings is 1. The highest BCUT2D eigenvalue weighted by molar-refractivity contribution is 7.14. The van der Waals surface area contributed by atoms with Crippen LogP contribution in [0.4, 0.5) is 15.5 Å². The highest BCUT2D eigenvalue weighted by Gasteiger charge is 2.07. The van der Waals surface area contributed by atoms with Crippen molar-refractivity contribution in [3.05, 3.63) is 72.4 Å². The minimum atomic E-state index is -0.299. The number of nitrogens with zero attached hydrogens (tertiary/aromatic N) is 4. The largest absolute Gasteiger partial charge is 0.439 e. The van der Waals surface area contributed by atoms with Gasteiger partial charge in [-0.3, -0.25) is 9.88 Å². The Morgan fingerprint density at radius 1 is 1.14 bits per heavy atom. The van der Waals surface area contributed by atoms with Crippen molar-refractivity contribution >= 4 is 28.1 Å². The van der Waals surface area contributed by atoms with E-state index in [-0.39, 0.29) is 6.03 Å². The fourth-order valence-corrected chi connectivity index (χ4v) is 3.07. The van der Waals surface area contributed by atoms with Gasteiger partial charge in [0, 0.05) is 24.1 Å². The van der Waals surface area contributed by atoms with Crippen molar-refractivity contribution in [1.29, 1.82) is 0 Å². The average molecular weight is 392 g/mol. The Labute approximate surface area is 164 Å². The van der Waals surface area contributed by atoms with Crippen LogP contribution in [0.15, 0.2) is 66.6 Å². The molecule has 0 atom stereocenters. The van der Waals surface area contributed by atoms with Crippen molar-refractivity contribution in [3.8, 4) is 17.4 Å². The van der Waals surface area contributed by atoms with Crippen LogP contribution in [0.5, 0.6) is 11.6 Å². The molecule has 2 N–H and O–H groups in total. The number of carbonyl (C=O) groups excluding carboxylic acids is 1. The van der Waals surface area contributed by atoms with Crippen molar-refractivity contribution in [2.45, 2.75) is 6.92 Å². The molecule has 0 fully saturated rings. The number of carbonyl (C=O) groups is 1. The van der Waals surface area contributed by atoms with Gasteiger partial charge in [-0.2, -0.15) is 4.98 Å². The molecular weight excluding hydrogens is 376 g/mol. The van der Waals surface area contributed by atoms with Gasteiger partial charge < -0.3 is 10.1 Å². The third-order valence-corrected chi connectivity index (χ3v) is 4.45. The molecule has 0 saturated heterocycles. The van der Waals surface area contributed by atoms with E-state index in [2.05, 4.69) is 25.6 Å². The number of ether oxygens (including phenoxy) is 1. The summed E-state index contributed by atoms with van der Waals surface area (Å²) in [5.41, 5.74) is 0.652. The van der Waals surface area contributed by atoms with Crippen molar-refractivity contribution in [2.24, 2.45) is 0 Å². The topological polar surface area (TPSA) is 94.0 Å². The number of nitrogens with one attached hydrogen (secondary N) is 2. The van der Waals surface area contributed by atoms with E-state index in [9.17, 15) is 4.79 Å². The van der Waals surface area contributed by atoms with Crippen LogP contribution < -0.4 is 15.4 Å². The van der Waals surface area contributed by atoms with Crippen LogP contribution >= 0.6 is 11.3 Å². The number of aromatic nitrogens is 4. The number of hydrogen-bond donors (Lipinski definition) is 2. The van der Waals surface area contributed by atoms with E-state index in [1.807, 2.05) is 17.5 Å². The molecule has 0 unspecified atom stereocenters. The van der Waals surface area contributed by atoms with Crippen LogP contribution in [0.3, 0.4) is 0 Å². The molecule has 140 valence electrons. The summed E-state index contributed by atoms with van der Waals surface area (Å²) in [5, 5.41) is 8.22. The van der Waals surface area contributed by atoms with Crippen LogP contribution in [0, 0.1) is 6.92 Å². The smallest absolute Gasteiger partial charge is 0.324 e. The van der Waals surface area contributed by atoms with Crippen molar-refractivity contribution in [3.63, 3.8) is 0 Å². The maximum atomic E-state index is 12.0. The summed E-state index contributed by atoms with van der Waals surface area (Å²) >= 11 is 1.46. The lowest BCUT2D eigenvalue weighted by atomic mass is 10.3. The standard InChI is InChI=1S/C19H16N6O2S/c1-13-21-16(25-9-8-20-12-25)11-17(22-13)27-15-6-4-14(5-7-15)23-19(26)24-18-3-2-10-28-18/h2-12H,1H3,(H2,23,24,26). The van der Waals surface area contributed by atoms with E-state index in [4.69, 9.17) is 4.74 Å². The molecule has 4 rings (SSSR count). The highest BCUT2D eigenvalue weighted by Crippen LogP contribution is 2.23. The fraction of sp³-hybridized carbons (Fsp3) is 0.0526. The van der Waals surface area contributed by atoms with Gasteiger partial charge in [0.2, 0.25) is 5.88 Å². The number of amides is 2. The van der Waals surface area contributed by atoms with Gasteiger partial charge in [0.15, 0.2) is 0 Å². The number of hydrogen-bond acceptors (Lipinski definition) is 6. The summed E-state index contributed by atoms with van der Waals surface area (Å²) in [6, 6.07) is 12.2. The van der Waals surface area contributed by atoms with Crippen molar-refractivity contribution < 1.29 is 9.53 Å². The summed E-state index contributed by atoms with van der Waals surface area (Å²) in [6.07, 6.45) is 5.14. The molecule has 0 aliphatic carbocycles. The first kappa shape index (κ1) is 17.7. The number of anilines is 2. The maximum absolute atomic E-state index is 12.0. The quantitative estimate of drug-likeness (QED) is 0.523. The first-order valence-electron chi connectivity index (χ1n) is 8.39. The molecule has 0 bridgehead atoms. The molecular formula is C19H16N6O2S. The van der Waals surface area contributed by atoms with E-state index in [1.54, 1.807) is 60.5 Å². The minimum absolute atomic E-state index is 0.299. The Bertz CT molecular complexity index is 1060. The number of aryl methyl sites for hydroxylation is 1. The monoisotopic (exact) mass is 392 g/mol. The first-order chi connectivity index (χ1) is 13.7. The summed E-state index contributed by atoms with van der Waals surface area (Å²) in [4.78, 5) is 24.7. The summed E-state index contributed by atoms with van der Waals surface area (Å²) in [6.45, 7) is 1.80. The lowest BCUT2D eigenvalue weighted by molar-refractivity contribution is 0.262. The van der Waals surface area contributed by atoms with Crippen LogP contribution in [-0.2, 0) is 0 Å². The van der Waals surface area contributed by atoms with Gasteiger partial charge in [0.1, 0.15) is 23.7 Å². The van der Waals surface area contributed by atoms with Crippen LogP contribution in [-0.4, -0.2) is 25.6 Å². The average Bonchev–Trinajstić information content (AvgIpc) is 3.37. The van der Waals surface area contributed by atoms with E-state index in [0.717, 1.165) is 5.00 Å². The third kappa shape index (κ3) is 4.33. The molecule has 8 nitrogen and oxygen atoms in total. The molecule has 0 aliphatic heterocycles. The van der Waals surface area contributed by atoms with Crippen molar-refractivity contribution in [1.82, 2.24) is 19.5 Å². The Morgan fingerprint density at radius 3 is 2.71 bits per heavy atom. The number of urea groups is 1. The summed E-state index contributed by atoms with van der Waals surface area (Å²) in [7, 11) is 0. The summed E-state index contributed by atoms with van der Waals surface area (Å²) < 4.78 is 7.61. The molecule has 3 heterocycles. The van der Waals surface area contributed by atoms with E-state index >= 15 is 0 Å². The SMILES string of the molecule is Cc1nc(Oc2ccc(NC(=O)Nc3cccs3)cc2)cc(-n2ccnc2)n1. The Balaban J connectivity index is 1.42. The van der Waals surface area contributed by atoms with Gasteiger partial charge in [-0.05, 0) is 48.7 Å². The highest BCUT2D eigenvalue weighted by atomic mass is 32.1. The second-order valence-electron chi connectivity index (χ2n) is 5.76. The number of rotatable bonds is 5. The van der Waals surface area contributed by atoms with Gasteiger partial charge in [-0.15, -0.1) is 11.3 Å². The molecule has 0 radical (unpaired) electrons. The van der Waals surface area contributed by atoms with Crippen LogP contribution in [0.1, 0.15) is 5.82 Å². The van der Waals surface area contributed by atoms with Crippen LogP contribution in [0.25, 0.3) is 5.82 Å². The van der Waals surface area contributed by atoms with Crippen molar-refractivity contribution in [2.75, 3.05) is 10.6 Å². The predicted molar refractivity (Wildman–Crippen MR) is 107 cm³/mol. The molecule has 0 aliphatic rings. The van der Waals surface area contributed by atoms with Gasteiger partial charge in [0.25, 0.3) is 0 Å². The zero-order valence-electron chi connectivity index (χ0n) is 14.9. The predicted octanol–water partition coefficient (Wildman–Crippen LogP) is 4.47. The molecule has 28 heavy (non-hydrogen) atoms. The second kappa shape index (κ2) is 7.89. The lowest BCUT2D eigenvalue weighted by Crippen LogP contribution is -2.18. The molecule has 2 amide bonds. The summed E-state index contributed by atoms with van der Waals surface area (Å²) in [5.74, 6) is 2.28. The first-order valence-corrected chi connectivity index (χ1v) is 9.27. The third-order valence-electron chi connectivity index (χ3n) is 3.66. The molecule has 3 aromatic heterocycles.